The maximum Gasteiger partial charge on any atom is 0.209 e. The monoisotopic (exact) mass is 160 g/mol. The number of hydrogen-bond donors (Lipinski definition) is 0. The molecule has 0 aliphatic carbocycles. The van der Waals surface area contributed by atoms with E-state index in [4.69, 9.17) is 9.68 Å². The Morgan fingerprint density at radius 3 is 2.67 bits per heavy atom. The Kier molecular flexibility index (Phi) is 2.44. The average Bonchev–Trinajstić information content (AvgIpc) is 2.48. The summed E-state index contributed by atoms with van der Waals surface area (Å²) in [7, 11) is 0. The van der Waals surface area contributed by atoms with Gasteiger partial charge < -0.3 is 4.42 Å². The summed E-state index contributed by atoms with van der Waals surface area (Å²) in [4.78, 5) is 4.01. The van der Waals surface area contributed by atoms with Crippen LogP contribution in [0.15, 0.2) is 17.6 Å². The molecule has 0 N–H and O–H groups in total. The van der Waals surface area contributed by atoms with E-state index in [1.807, 2.05) is 6.07 Å². The number of nitriles is 1. The smallest absolute Gasteiger partial charge is 0.209 e. The molecule has 3 heteroatoms. The van der Waals surface area contributed by atoms with E-state index in [1.165, 1.54) is 0 Å². The van der Waals surface area contributed by atoms with Crippen molar-refractivity contribution in [1.29, 1.82) is 5.26 Å². The van der Waals surface area contributed by atoms with Gasteiger partial charge in [0.1, 0.15) is 12.1 Å². The van der Waals surface area contributed by atoms with Gasteiger partial charge in [0, 0.05) is 0 Å². The fourth-order valence-electron chi connectivity index (χ4n) is 0.827. The van der Waals surface area contributed by atoms with Crippen LogP contribution in [0.3, 0.4) is 0 Å². The van der Waals surface area contributed by atoms with E-state index in [-0.39, 0.29) is 6.42 Å². The molecule has 3 nitrogen and oxygen atoms in total. The molecule has 0 amide bonds. The highest BCUT2D eigenvalue weighted by molar-refractivity contribution is 5.55. The lowest BCUT2D eigenvalue weighted by molar-refractivity contribution is 0.502. The summed E-state index contributed by atoms with van der Waals surface area (Å²) >= 11 is 0. The SMILES string of the molecule is C=Cc1nc(CC#N)oc1C=C. The summed E-state index contributed by atoms with van der Waals surface area (Å²) in [6.45, 7) is 7.11. The van der Waals surface area contributed by atoms with E-state index in [9.17, 15) is 0 Å². The fraction of sp³-hybridized carbons (Fsp3) is 0.111. The number of rotatable bonds is 3. The van der Waals surface area contributed by atoms with Crippen LogP contribution in [0.5, 0.6) is 0 Å². The van der Waals surface area contributed by atoms with Gasteiger partial charge in [-0.3, -0.25) is 0 Å². The Morgan fingerprint density at radius 2 is 2.25 bits per heavy atom. The van der Waals surface area contributed by atoms with Gasteiger partial charge in [0.25, 0.3) is 0 Å². The number of oxazole rings is 1. The second kappa shape index (κ2) is 3.54. The van der Waals surface area contributed by atoms with Crippen molar-refractivity contribution in [3.63, 3.8) is 0 Å². The van der Waals surface area contributed by atoms with Crippen LogP contribution in [-0.2, 0) is 6.42 Å². The van der Waals surface area contributed by atoms with Gasteiger partial charge in [-0.1, -0.05) is 13.2 Å². The molecule has 0 aliphatic heterocycles. The Hall–Kier alpha value is -1.82. The third-order valence-electron chi connectivity index (χ3n) is 1.33. The van der Waals surface area contributed by atoms with Crippen molar-refractivity contribution < 1.29 is 4.42 Å². The molecule has 1 aromatic rings. The van der Waals surface area contributed by atoms with Crippen LogP contribution >= 0.6 is 0 Å². The summed E-state index contributed by atoms with van der Waals surface area (Å²) in [6, 6.07) is 1.95. The van der Waals surface area contributed by atoms with Crippen LogP contribution in [0.25, 0.3) is 12.2 Å². The van der Waals surface area contributed by atoms with E-state index >= 15 is 0 Å². The Labute approximate surface area is 70.6 Å². The molecule has 0 unspecified atom stereocenters. The molecule has 0 atom stereocenters. The topological polar surface area (TPSA) is 49.8 Å². The molecule has 60 valence electrons. The van der Waals surface area contributed by atoms with Gasteiger partial charge in [0.05, 0.1) is 6.07 Å². The maximum atomic E-state index is 8.36. The minimum absolute atomic E-state index is 0.175. The van der Waals surface area contributed by atoms with Crippen LogP contribution in [0.1, 0.15) is 17.3 Å². The normalized spacial score (nSPS) is 8.92. The minimum Gasteiger partial charge on any atom is -0.440 e. The van der Waals surface area contributed by atoms with Crippen molar-refractivity contribution in [2.75, 3.05) is 0 Å². The van der Waals surface area contributed by atoms with E-state index in [0.717, 1.165) is 0 Å². The number of nitrogens with zero attached hydrogens (tertiary/aromatic N) is 2. The van der Waals surface area contributed by atoms with Crippen molar-refractivity contribution in [2.45, 2.75) is 6.42 Å². The molecule has 1 heterocycles. The molecule has 12 heavy (non-hydrogen) atoms. The van der Waals surface area contributed by atoms with Crippen molar-refractivity contribution in [3.8, 4) is 6.07 Å². The van der Waals surface area contributed by atoms with Gasteiger partial charge >= 0.3 is 0 Å². The zero-order valence-corrected chi connectivity index (χ0v) is 6.58. The second-order valence-electron chi connectivity index (χ2n) is 2.10. The van der Waals surface area contributed by atoms with E-state index < -0.39 is 0 Å². The zero-order chi connectivity index (χ0) is 8.97. The molecule has 1 aromatic heterocycles. The van der Waals surface area contributed by atoms with Crippen LogP contribution in [0, 0.1) is 11.3 Å². The lowest BCUT2D eigenvalue weighted by Crippen LogP contribution is -1.79. The zero-order valence-electron chi connectivity index (χ0n) is 6.58. The quantitative estimate of drug-likeness (QED) is 0.679. The van der Waals surface area contributed by atoms with Gasteiger partial charge in [-0.05, 0) is 12.2 Å². The molecule has 0 radical (unpaired) electrons. The highest BCUT2D eigenvalue weighted by Crippen LogP contribution is 2.13. The summed E-state index contributed by atoms with van der Waals surface area (Å²) < 4.78 is 5.17. The molecule has 1 rings (SSSR count). The highest BCUT2D eigenvalue weighted by atomic mass is 16.4. The van der Waals surface area contributed by atoms with Crippen LogP contribution < -0.4 is 0 Å². The van der Waals surface area contributed by atoms with Crippen molar-refractivity contribution >= 4 is 12.2 Å². The van der Waals surface area contributed by atoms with E-state index in [0.29, 0.717) is 17.3 Å². The predicted octanol–water partition coefficient (Wildman–Crippen LogP) is 2.03. The van der Waals surface area contributed by atoms with Gasteiger partial charge in [0.15, 0.2) is 5.76 Å². The highest BCUT2D eigenvalue weighted by Gasteiger charge is 2.06. The molecule has 0 bridgehead atoms. The van der Waals surface area contributed by atoms with Crippen LogP contribution in [0.4, 0.5) is 0 Å². The van der Waals surface area contributed by atoms with Crippen LogP contribution in [0.2, 0.25) is 0 Å². The summed E-state index contributed by atoms with van der Waals surface area (Å²) in [6.07, 6.45) is 3.29. The molecule has 0 saturated carbocycles. The standard InChI is InChI=1S/C9H8N2O/c1-3-7-8(4-2)12-9(11-7)5-6-10/h3-4H,1-2,5H2. The number of aromatic nitrogens is 1. The predicted molar refractivity (Wildman–Crippen MR) is 46.0 cm³/mol. The minimum atomic E-state index is 0.175. The Bertz CT molecular complexity index is 318. The first-order valence-electron chi connectivity index (χ1n) is 3.43. The molecular formula is C9H8N2O. The van der Waals surface area contributed by atoms with Crippen molar-refractivity contribution in [1.82, 2.24) is 4.98 Å². The lowest BCUT2D eigenvalue weighted by atomic mass is 10.3. The molecule has 0 fully saturated rings. The summed E-state index contributed by atoms with van der Waals surface area (Å²) in [5, 5.41) is 8.36. The first kappa shape index (κ1) is 8.28. The first-order valence-corrected chi connectivity index (χ1v) is 3.43. The maximum absolute atomic E-state index is 8.36. The van der Waals surface area contributed by atoms with E-state index in [2.05, 4.69) is 18.1 Å². The first-order chi connectivity index (χ1) is 5.81. The molecule has 0 saturated heterocycles. The van der Waals surface area contributed by atoms with Gasteiger partial charge in [-0.25, -0.2) is 4.98 Å². The van der Waals surface area contributed by atoms with Crippen molar-refractivity contribution in [3.05, 3.63) is 30.5 Å². The third kappa shape index (κ3) is 1.43. The molecule has 0 aromatic carbocycles. The molecule has 0 spiro atoms. The van der Waals surface area contributed by atoms with Gasteiger partial charge in [-0.15, -0.1) is 0 Å². The number of hydrogen-bond acceptors (Lipinski definition) is 3. The average molecular weight is 160 g/mol. The van der Waals surface area contributed by atoms with Crippen molar-refractivity contribution in [2.24, 2.45) is 0 Å². The van der Waals surface area contributed by atoms with Gasteiger partial charge in [0.2, 0.25) is 5.89 Å². The van der Waals surface area contributed by atoms with E-state index in [1.54, 1.807) is 12.2 Å². The lowest BCUT2D eigenvalue weighted by Gasteiger charge is -1.82. The summed E-state index contributed by atoms with van der Waals surface area (Å²) in [5.74, 6) is 0.970. The second-order valence-corrected chi connectivity index (χ2v) is 2.10. The third-order valence-corrected chi connectivity index (χ3v) is 1.33. The van der Waals surface area contributed by atoms with Crippen LogP contribution in [-0.4, -0.2) is 4.98 Å². The Morgan fingerprint density at radius 1 is 1.50 bits per heavy atom. The summed E-state index contributed by atoms with van der Waals surface area (Å²) in [5.41, 5.74) is 0.634. The molecule has 0 aliphatic rings. The largest absolute Gasteiger partial charge is 0.440 e. The molecular weight excluding hydrogens is 152 g/mol. The fourth-order valence-corrected chi connectivity index (χ4v) is 0.827. The Balaban J connectivity index is 3.06. The van der Waals surface area contributed by atoms with Gasteiger partial charge in [-0.2, -0.15) is 5.26 Å².